The van der Waals surface area contributed by atoms with Gasteiger partial charge < -0.3 is 9.84 Å². The van der Waals surface area contributed by atoms with Crippen molar-refractivity contribution in [1.29, 1.82) is 0 Å². The smallest absolute Gasteiger partial charge is 0.309 e. The van der Waals surface area contributed by atoms with E-state index in [1.165, 1.54) is 125 Å². The lowest BCUT2D eigenvalue weighted by atomic mass is 9.62. The highest BCUT2D eigenvalue weighted by Crippen LogP contribution is 2.52. The van der Waals surface area contributed by atoms with Crippen LogP contribution in [-0.4, -0.2) is 47.0 Å². The van der Waals surface area contributed by atoms with Crippen molar-refractivity contribution in [3.05, 3.63) is 11.1 Å². The largest absolute Gasteiger partial charge is 0.481 e. The monoisotopic (exact) mass is 1040 g/mol. The van der Waals surface area contributed by atoms with Crippen LogP contribution in [0, 0.1) is 61.1 Å². The van der Waals surface area contributed by atoms with Crippen molar-refractivity contribution >= 4 is 23.6 Å². The average molecular weight is 1040 g/mol. The Morgan fingerprint density at radius 2 is 1.26 bits per heavy atom. The van der Waals surface area contributed by atoms with Crippen molar-refractivity contribution in [2.45, 2.75) is 332 Å². The lowest BCUT2D eigenvalue weighted by Gasteiger charge is -2.43. The quantitative estimate of drug-likeness (QED) is 0.188. The molecule has 0 bridgehead atoms. The first-order valence-corrected chi connectivity index (χ1v) is 30.9. The fraction of sp³-hybridized carbons (Fsp3) is 0.912. The van der Waals surface area contributed by atoms with Crippen LogP contribution in [0.1, 0.15) is 321 Å². The van der Waals surface area contributed by atoms with E-state index in [0.29, 0.717) is 33.7 Å². The van der Waals surface area contributed by atoms with Crippen molar-refractivity contribution in [3.63, 3.8) is 0 Å². The van der Waals surface area contributed by atoms with Gasteiger partial charge in [0.05, 0.1) is 23.7 Å². The predicted octanol–water partition coefficient (Wildman–Crippen LogP) is 21.6. The Hall–Kier alpha value is -1.82. The number of allylic oxidation sites excluding steroid dienone is 1. The normalized spacial score (nSPS) is 24.5. The van der Waals surface area contributed by atoms with Gasteiger partial charge in [0.2, 0.25) is 0 Å². The minimum atomic E-state index is -0.591. The molecule has 2 aliphatic heterocycles. The zero-order valence-electron chi connectivity index (χ0n) is 54.5. The van der Waals surface area contributed by atoms with Crippen LogP contribution >= 0.6 is 0 Å². The number of hydrogen-bond acceptors (Lipinski definition) is 5. The van der Waals surface area contributed by atoms with E-state index in [2.05, 4.69) is 181 Å². The minimum Gasteiger partial charge on any atom is -0.481 e. The molecule has 0 aromatic heterocycles. The van der Waals surface area contributed by atoms with E-state index in [-0.39, 0.29) is 11.0 Å². The first-order valence-electron chi connectivity index (χ1n) is 30.9. The molecule has 3 unspecified atom stereocenters. The number of carbonyl (C=O) groups is 1. The molecule has 0 aromatic rings. The summed E-state index contributed by atoms with van der Waals surface area (Å²) in [5, 5.41) is 17.1. The summed E-state index contributed by atoms with van der Waals surface area (Å²) in [5.41, 5.74) is 8.65. The third-order valence-corrected chi connectivity index (χ3v) is 18.1. The molecule has 0 aromatic carbocycles. The number of ether oxygens (including phenoxy) is 1. The fourth-order valence-electron chi connectivity index (χ4n) is 12.2. The van der Waals surface area contributed by atoms with Gasteiger partial charge in [-0.05, 0) is 204 Å². The van der Waals surface area contributed by atoms with Gasteiger partial charge in [-0.3, -0.25) is 9.79 Å². The van der Waals surface area contributed by atoms with Crippen LogP contribution in [0.15, 0.2) is 26.3 Å². The molecule has 2 heterocycles. The summed E-state index contributed by atoms with van der Waals surface area (Å²) in [7, 11) is 0. The molecular formula is C68H129N3O3. The molecule has 74 heavy (non-hydrogen) atoms. The van der Waals surface area contributed by atoms with Gasteiger partial charge in [0.15, 0.2) is 0 Å². The average Bonchev–Trinajstić information content (AvgIpc) is 3.97. The number of hydrogen-bond donors (Lipinski definition) is 1. The predicted molar refractivity (Wildman–Crippen MR) is 328 cm³/mol. The van der Waals surface area contributed by atoms with E-state index < -0.39 is 11.4 Å². The van der Waals surface area contributed by atoms with Crippen LogP contribution in [0.4, 0.5) is 0 Å². The molecule has 0 spiro atoms. The van der Waals surface area contributed by atoms with Gasteiger partial charge in [-0.25, -0.2) is 0 Å². The summed E-state index contributed by atoms with van der Waals surface area (Å²) in [6, 6.07) is 0. The molecule has 4 aliphatic carbocycles. The minimum absolute atomic E-state index is 0.0603. The number of aliphatic imine (C=N–C) groups is 1. The van der Waals surface area contributed by atoms with E-state index in [1.807, 2.05) is 13.1 Å². The molecule has 434 valence electrons. The summed E-state index contributed by atoms with van der Waals surface area (Å²) in [6.45, 7) is 57.4. The summed E-state index contributed by atoms with van der Waals surface area (Å²) in [6.07, 6.45) is 32.1. The second kappa shape index (κ2) is 30.0. The topological polar surface area (TPSA) is 83.6 Å². The molecule has 6 rings (SSSR count). The molecule has 1 N–H and O–H groups in total. The Bertz CT molecular complexity index is 1730. The maximum Gasteiger partial charge on any atom is 0.309 e. The van der Waals surface area contributed by atoms with Gasteiger partial charge in [0.25, 0.3) is 0 Å². The Balaban J connectivity index is 0.000000446. The number of carboxylic acids is 1. The molecule has 6 heteroatoms. The van der Waals surface area contributed by atoms with Crippen LogP contribution in [0.2, 0.25) is 0 Å². The molecular weight excluding hydrogens is 907 g/mol. The molecule has 0 amide bonds. The molecule has 4 fully saturated rings. The van der Waals surface area contributed by atoms with Crippen molar-refractivity contribution in [2.24, 2.45) is 76.3 Å². The molecule has 3 atom stereocenters. The van der Waals surface area contributed by atoms with E-state index in [1.54, 1.807) is 0 Å². The SMILES string of the molecule is CC(C)(C)CC1=NN=CC1.CC1=NCC(C)=C1CC(C)(C)C.CC1CC(OC(C)(C)C)C1.CCC(CCC1(CC)CCC1)C(C)(C)C.CCC1(C(=O)O)CCC(C(C)(C)C)C1.CCC1(CCCC(C)(C)C)CCC1. The Morgan fingerprint density at radius 3 is 1.55 bits per heavy atom. The number of aliphatic carboxylic acids is 1. The highest BCUT2D eigenvalue weighted by atomic mass is 16.5. The zero-order chi connectivity index (χ0) is 57.2. The number of rotatable bonds is 14. The van der Waals surface area contributed by atoms with Gasteiger partial charge in [-0.2, -0.15) is 10.2 Å². The van der Waals surface area contributed by atoms with Gasteiger partial charge in [-0.15, -0.1) is 0 Å². The third kappa shape index (κ3) is 27.2. The maximum absolute atomic E-state index is 11.2. The molecule has 0 radical (unpaired) electrons. The highest BCUT2D eigenvalue weighted by Gasteiger charge is 2.47. The molecule has 6 aliphatic rings. The van der Waals surface area contributed by atoms with Crippen LogP contribution in [0.3, 0.4) is 0 Å². The lowest BCUT2D eigenvalue weighted by Crippen LogP contribution is -2.36. The first kappa shape index (κ1) is 70.2. The second-order valence-electron chi connectivity index (χ2n) is 31.8. The fourth-order valence-corrected chi connectivity index (χ4v) is 12.2. The summed E-state index contributed by atoms with van der Waals surface area (Å²) in [4.78, 5) is 15.7. The molecule has 0 saturated heterocycles. The van der Waals surface area contributed by atoms with Gasteiger partial charge in [-0.1, -0.05) is 177 Å². The summed E-state index contributed by atoms with van der Waals surface area (Å²) >= 11 is 0. The van der Waals surface area contributed by atoms with Crippen LogP contribution < -0.4 is 0 Å². The van der Waals surface area contributed by atoms with Crippen LogP contribution in [0.5, 0.6) is 0 Å². The third-order valence-electron chi connectivity index (χ3n) is 18.1. The van der Waals surface area contributed by atoms with Crippen LogP contribution in [-0.2, 0) is 9.53 Å². The van der Waals surface area contributed by atoms with Crippen molar-refractivity contribution in [2.75, 3.05) is 6.54 Å². The zero-order valence-corrected chi connectivity index (χ0v) is 54.5. The van der Waals surface area contributed by atoms with Crippen LogP contribution in [0.25, 0.3) is 0 Å². The number of nitrogens with zero attached hydrogens (tertiary/aromatic N) is 3. The molecule has 4 saturated carbocycles. The van der Waals surface area contributed by atoms with Crippen molar-refractivity contribution in [3.8, 4) is 0 Å². The highest BCUT2D eigenvalue weighted by molar-refractivity contribution is 6.01. The summed E-state index contributed by atoms with van der Waals surface area (Å²) in [5.74, 6) is 1.79. The van der Waals surface area contributed by atoms with Crippen molar-refractivity contribution in [1.82, 2.24) is 0 Å². The van der Waals surface area contributed by atoms with E-state index >= 15 is 0 Å². The van der Waals surface area contributed by atoms with E-state index in [4.69, 9.17) is 4.74 Å². The first-order chi connectivity index (χ1) is 33.7. The van der Waals surface area contributed by atoms with Crippen molar-refractivity contribution < 1.29 is 14.6 Å². The second-order valence-corrected chi connectivity index (χ2v) is 31.8. The van der Waals surface area contributed by atoms with E-state index in [9.17, 15) is 9.90 Å². The Morgan fingerprint density at radius 1 is 0.730 bits per heavy atom. The standard InChI is InChI=1S/C15H30.C13H26.C12H22O2.C11H19N.C9H18O.C8H14N2/c1-6-13(14(3,4)5)9-12-15(7-2)10-8-11-15;1-5-13(10-7-11-13)9-6-8-12(2,3)4;1-5-12(10(13)14)7-6-9(8-12)11(2,3)4;1-8-7-12-9(2)10(8)6-11(3,4)5;1-7-5-8(6-7)10-9(2,3)4;1-8(2,3)6-7-4-5-9-10-7/h13H,6-12H2,1-5H3;5-11H2,1-4H3;9H,5-8H2,1-4H3,(H,13,14);6-7H2,1-5H3;7-8H,5-6H2,1-4H3;5H,4,6H2,1-3H3. The lowest BCUT2D eigenvalue weighted by molar-refractivity contribution is -0.149. The Kier molecular flexibility index (Phi) is 28.4. The summed E-state index contributed by atoms with van der Waals surface area (Å²) < 4.78 is 5.74. The maximum atomic E-state index is 11.2. The van der Waals surface area contributed by atoms with Gasteiger partial charge in [0.1, 0.15) is 0 Å². The Labute approximate surface area is 462 Å². The van der Waals surface area contributed by atoms with Gasteiger partial charge in [0, 0.05) is 24.1 Å². The van der Waals surface area contributed by atoms with E-state index in [0.717, 1.165) is 74.2 Å². The number of carboxylic acid groups (broad SMARTS) is 1. The molecule has 6 nitrogen and oxygen atoms in total. The van der Waals surface area contributed by atoms with Gasteiger partial charge >= 0.3 is 5.97 Å².